The van der Waals surface area contributed by atoms with Crippen LogP contribution in [0.3, 0.4) is 0 Å². The van der Waals surface area contributed by atoms with Gasteiger partial charge in [0.1, 0.15) is 5.82 Å². The van der Waals surface area contributed by atoms with E-state index < -0.39 is 22.4 Å². The van der Waals surface area contributed by atoms with Crippen molar-refractivity contribution in [3.63, 3.8) is 0 Å². The molecule has 0 saturated carbocycles. The second-order valence-electron chi connectivity index (χ2n) is 6.60. The number of hydrogen-bond donors (Lipinski definition) is 1. The van der Waals surface area contributed by atoms with Gasteiger partial charge in [0.05, 0.1) is 29.8 Å². The summed E-state index contributed by atoms with van der Waals surface area (Å²) in [6.07, 6.45) is 0.417. The van der Waals surface area contributed by atoms with Crippen LogP contribution >= 0.6 is 0 Å². The molecular weight excluding hydrogens is 408 g/mol. The Labute approximate surface area is 166 Å². The summed E-state index contributed by atoms with van der Waals surface area (Å²) in [6.45, 7) is 0.594. The number of alkyl halides is 2. The quantitative estimate of drug-likeness (QED) is 0.727. The molecule has 29 heavy (non-hydrogen) atoms. The standard InChI is InChI=1S/C18H21F2N3O5S/c1-3-27-15-9-12(4-5-14(15)28-18(19)20)17(24)21-16-8-11(2)22-23(16)13-6-7-29(25,26)10-13/h4-5,8-9,13,18H,3,6-7,10H2,1-2H3,(H,21,24)/t13-/m1/s1. The third kappa shape index (κ3) is 5.03. The highest BCUT2D eigenvalue weighted by Crippen LogP contribution is 2.31. The summed E-state index contributed by atoms with van der Waals surface area (Å²) >= 11 is 0. The molecule has 11 heteroatoms. The first-order chi connectivity index (χ1) is 13.7. The third-order valence-electron chi connectivity index (χ3n) is 4.38. The Bertz CT molecular complexity index is 1010. The van der Waals surface area contributed by atoms with Crippen molar-refractivity contribution in [3.05, 3.63) is 35.5 Å². The molecule has 1 aromatic carbocycles. The number of carbonyl (C=O) groups is 1. The minimum absolute atomic E-state index is 0.0204. The van der Waals surface area contributed by atoms with E-state index in [0.717, 1.165) is 0 Å². The molecule has 158 valence electrons. The van der Waals surface area contributed by atoms with E-state index in [1.165, 1.54) is 22.9 Å². The van der Waals surface area contributed by atoms with Crippen molar-refractivity contribution < 1.29 is 31.5 Å². The van der Waals surface area contributed by atoms with E-state index >= 15 is 0 Å². The van der Waals surface area contributed by atoms with Gasteiger partial charge in [-0.25, -0.2) is 13.1 Å². The van der Waals surface area contributed by atoms with Crippen LogP contribution in [0, 0.1) is 6.92 Å². The second-order valence-corrected chi connectivity index (χ2v) is 8.83. The number of aryl methyl sites for hydroxylation is 1. The van der Waals surface area contributed by atoms with Crippen LogP contribution in [0.1, 0.15) is 35.4 Å². The SMILES string of the molecule is CCOc1cc(C(=O)Nc2cc(C)nn2[C@@H]2CCS(=O)(=O)C2)ccc1OC(F)F. The van der Waals surface area contributed by atoms with Crippen LogP contribution in [0.2, 0.25) is 0 Å². The minimum atomic E-state index is -3.12. The maximum Gasteiger partial charge on any atom is 0.387 e. The highest BCUT2D eigenvalue weighted by Gasteiger charge is 2.31. The van der Waals surface area contributed by atoms with E-state index in [4.69, 9.17) is 4.74 Å². The van der Waals surface area contributed by atoms with E-state index in [0.29, 0.717) is 17.9 Å². The van der Waals surface area contributed by atoms with Gasteiger partial charge in [0.25, 0.3) is 5.91 Å². The molecule has 0 unspecified atom stereocenters. The summed E-state index contributed by atoms with van der Waals surface area (Å²) in [5.74, 6) is -0.266. The van der Waals surface area contributed by atoms with Crippen molar-refractivity contribution >= 4 is 21.6 Å². The van der Waals surface area contributed by atoms with Gasteiger partial charge in [0, 0.05) is 11.6 Å². The molecule has 1 amide bonds. The first-order valence-corrected chi connectivity index (χ1v) is 10.8. The zero-order chi connectivity index (χ0) is 21.2. The van der Waals surface area contributed by atoms with E-state index in [1.807, 2.05) is 0 Å². The average Bonchev–Trinajstić information content (AvgIpc) is 3.17. The number of amides is 1. The monoisotopic (exact) mass is 429 g/mol. The summed E-state index contributed by atoms with van der Waals surface area (Å²) in [6, 6.07) is 5.16. The molecule has 8 nitrogen and oxygen atoms in total. The summed E-state index contributed by atoms with van der Waals surface area (Å²) in [5, 5.41) is 7.01. The number of ether oxygens (including phenoxy) is 2. The van der Waals surface area contributed by atoms with Gasteiger partial charge in [-0.3, -0.25) is 4.79 Å². The number of nitrogens with zero attached hydrogens (tertiary/aromatic N) is 2. The van der Waals surface area contributed by atoms with Gasteiger partial charge in [0.15, 0.2) is 21.3 Å². The summed E-state index contributed by atoms with van der Waals surface area (Å²) < 4.78 is 59.8. The Morgan fingerprint density at radius 3 is 2.72 bits per heavy atom. The first kappa shape index (κ1) is 21.0. The van der Waals surface area contributed by atoms with Gasteiger partial charge in [-0.2, -0.15) is 13.9 Å². The van der Waals surface area contributed by atoms with Crippen molar-refractivity contribution in [3.8, 4) is 11.5 Å². The Morgan fingerprint density at radius 2 is 2.10 bits per heavy atom. The fourth-order valence-corrected chi connectivity index (χ4v) is 4.85. The molecule has 0 bridgehead atoms. The second kappa shape index (κ2) is 8.36. The average molecular weight is 429 g/mol. The number of hydrogen-bond acceptors (Lipinski definition) is 6. The first-order valence-electron chi connectivity index (χ1n) is 8.98. The van der Waals surface area contributed by atoms with Gasteiger partial charge in [-0.05, 0) is 38.5 Å². The molecule has 2 aromatic rings. The number of rotatable bonds is 7. The van der Waals surface area contributed by atoms with Crippen LogP contribution in [0.5, 0.6) is 11.5 Å². The zero-order valence-electron chi connectivity index (χ0n) is 15.9. The number of halogens is 2. The van der Waals surface area contributed by atoms with Crippen LogP contribution in [0.25, 0.3) is 0 Å². The summed E-state index contributed by atoms with van der Waals surface area (Å²) in [4.78, 5) is 12.7. The molecule has 0 spiro atoms. The van der Waals surface area contributed by atoms with Gasteiger partial charge >= 0.3 is 6.61 Å². The summed E-state index contributed by atoms with van der Waals surface area (Å²) in [7, 11) is -3.12. The predicted octanol–water partition coefficient (Wildman–Crippen LogP) is 2.80. The van der Waals surface area contributed by atoms with Crippen molar-refractivity contribution in [1.82, 2.24) is 9.78 Å². The van der Waals surface area contributed by atoms with Crippen LogP contribution in [0.4, 0.5) is 14.6 Å². The molecule has 1 aromatic heterocycles. The molecular formula is C18H21F2N3O5S. The number of nitrogens with one attached hydrogen (secondary N) is 1. The van der Waals surface area contributed by atoms with Gasteiger partial charge in [-0.1, -0.05) is 0 Å². The van der Waals surface area contributed by atoms with E-state index in [2.05, 4.69) is 15.2 Å². The van der Waals surface area contributed by atoms with Crippen molar-refractivity contribution in [2.75, 3.05) is 23.4 Å². The molecule has 1 atom stereocenters. The molecule has 2 heterocycles. The Balaban J connectivity index is 1.83. The Morgan fingerprint density at radius 1 is 1.34 bits per heavy atom. The largest absolute Gasteiger partial charge is 0.490 e. The predicted molar refractivity (Wildman–Crippen MR) is 101 cm³/mol. The number of carbonyl (C=O) groups excluding carboxylic acids is 1. The number of benzene rings is 1. The molecule has 1 aliphatic rings. The van der Waals surface area contributed by atoms with E-state index in [-0.39, 0.29) is 41.2 Å². The minimum Gasteiger partial charge on any atom is -0.490 e. The molecule has 1 fully saturated rings. The lowest BCUT2D eigenvalue weighted by molar-refractivity contribution is -0.0514. The lowest BCUT2D eigenvalue weighted by atomic mass is 10.2. The zero-order valence-corrected chi connectivity index (χ0v) is 16.7. The molecule has 1 N–H and O–H groups in total. The topological polar surface area (TPSA) is 99.5 Å². The van der Waals surface area contributed by atoms with Gasteiger partial charge in [0.2, 0.25) is 0 Å². The van der Waals surface area contributed by atoms with E-state index in [9.17, 15) is 22.0 Å². The van der Waals surface area contributed by atoms with Crippen LogP contribution in [-0.4, -0.2) is 48.8 Å². The van der Waals surface area contributed by atoms with Crippen molar-refractivity contribution in [2.24, 2.45) is 0 Å². The summed E-state index contributed by atoms with van der Waals surface area (Å²) in [5.41, 5.74) is 0.791. The highest BCUT2D eigenvalue weighted by molar-refractivity contribution is 7.91. The maximum atomic E-state index is 12.7. The third-order valence-corrected chi connectivity index (χ3v) is 6.13. The Hall–Kier alpha value is -2.69. The van der Waals surface area contributed by atoms with Crippen LogP contribution in [0.15, 0.2) is 24.3 Å². The highest BCUT2D eigenvalue weighted by atomic mass is 32.2. The lowest BCUT2D eigenvalue weighted by Crippen LogP contribution is -2.19. The number of aromatic nitrogens is 2. The Kier molecular flexibility index (Phi) is 6.06. The normalized spacial score (nSPS) is 18.0. The number of anilines is 1. The molecule has 0 aliphatic carbocycles. The van der Waals surface area contributed by atoms with Crippen molar-refractivity contribution in [1.29, 1.82) is 0 Å². The van der Waals surface area contributed by atoms with E-state index in [1.54, 1.807) is 19.9 Å². The fourth-order valence-electron chi connectivity index (χ4n) is 3.16. The molecule has 0 radical (unpaired) electrons. The lowest BCUT2D eigenvalue weighted by Gasteiger charge is -2.15. The van der Waals surface area contributed by atoms with Gasteiger partial charge in [-0.15, -0.1) is 0 Å². The van der Waals surface area contributed by atoms with Crippen LogP contribution < -0.4 is 14.8 Å². The number of sulfone groups is 1. The maximum absolute atomic E-state index is 12.7. The molecule has 3 rings (SSSR count). The fraction of sp³-hybridized carbons (Fsp3) is 0.444. The van der Waals surface area contributed by atoms with Gasteiger partial charge < -0.3 is 14.8 Å². The molecule has 1 saturated heterocycles. The van der Waals surface area contributed by atoms with Crippen molar-refractivity contribution in [2.45, 2.75) is 32.9 Å². The molecule has 1 aliphatic heterocycles. The van der Waals surface area contributed by atoms with Crippen LogP contribution in [-0.2, 0) is 9.84 Å². The smallest absolute Gasteiger partial charge is 0.387 e.